The maximum Gasteiger partial charge on any atom is 0.155 e. The number of carbonyl (C=O) groups excluding carboxylic acids is 1. The van der Waals surface area contributed by atoms with E-state index in [9.17, 15) is 4.79 Å². The summed E-state index contributed by atoms with van der Waals surface area (Å²) in [5.74, 6) is 0.892. The van der Waals surface area contributed by atoms with Crippen LogP contribution in [0.4, 0.5) is 0 Å². The topological polar surface area (TPSA) is 17.1 Å². The van der Waals surface area contributed by atoms with E-state index in [2.05, 4.69) is 32.4 Å². The fraction of sp³-hybridized carbons (Fsp3) is 0.417. The van der Waals surface area contributed by atoms with Crippen molar-refractivity contribution in [3.05, 3.63) is 29.8 Å². The van der Waals surface area contributed by atoms with E-state index in [0.29, 0.717) is 11.6 Å². The number of benzene rings is 1. The highest BCUT2D eigenvalue weighted by Crippen LogP contribution is 2.26. The van der Waals surface area contributed by atoms with Crippen LogP contribution in [-0.4, -0.2) is 13.1 Å². The van der Waals surface area contributed by atoms with Gasteiger partial charge in [-0.2, -0.15) is 0 Å². The van der Waals surface area contributed by atoms with Crippen molar-refractivity contribution >= 4 is 18.5 Å². The van der Waals surface area contributed by atoms with Gasteiger partial charge in [-0.15, -0.1) is 0 Å². The molecule has 1 aromatic carbocycles. The Balaban J connectivity index is 2.04. The maximum absolute atomic E-state index is 11.1. The van der Waals surface area contributed by atoms with Crippen LogP contribution in [0, 0.1) is 6.92 Å². The van der Waals surface area contributed by atoms with Crippen molar-refractivity contribution in [3.63, 3.8) is 0 Å². The van der Waals surface area contributed by atoms with E-state index >= 15 is 0 Å². The predicted octanol–water partition coefficient (Wildman–Crippen LogP) is 1.87. The molecule has 0 aromatic heterocycles. The zero-order valence-electron chi connectivity index (χ0n) is 8.49. The van der Waals surface area contributed by atoms with Crippen molar-refractivity contribution in [2.45, 2.75) is 32.0 Å². The first-order valence-electron chi connectivity index (χ1n) is 5.18. The molecule has 1 atom stereocenters. The third-order valence-electron chi connectivity index (χ3n) is 2.89. The number of hydrogen-bond acceptors (Lipinski definition) is 1. The molecule has 14 heavy (non-hydrogen) atoms. The van der Waals surface area contributed by atoms with Gasteiger partial charge in [0.1, 0.15) is 5.78 Å². The van der Waals surface area contributed by atoms with Crippen molar-refractivity contribution in [2.24, 2.45) is 0 Å². The minimum absolute atomic E-state index is 0.417. The molecule has 0 aliphatic heterocycles. The Morgan fingerprint density at radius 3 is 2.79 bits per heavy atom. The number of carbonyl (C=O) groups is 1. The van der Waals surface area contributed by atoms with Crippen molar-refractivity contribution in [3.8, 4) is 0 Å². The van der Waals surface area contributed by atoms with Gasteiger partial charge in [0, 0.05) is 12.8 Å². The van der Waals surface area contributed by atoms with Crippen LogP contribution in [0.15, 0.2) is 24.3 Å². The third-order valence-corrected chi connectivity index (χ3v) is 2.89. The number of aryl methyl sites for hydroxylation is 1. The standard InChI is InChI=1S/C12H14BO/c1-9-4-2-3-5-12(9)13-10-6-7-11(14)8-10/h2-5,10H,6-8H2,1H3. The van der Waals surface area contributed by atoms with E-state index in [1.54, 1.807) is 0 Å². The Hall–Kier alpha value is -1.05. The van der Waals surface area contributed by atoms with Crippen LogP contribution in [0.2, 0.25) is 5.82 Å². The lowest BCUT2D eigenvalue weighted by atomic mass is 9.57. The summed E-state index contributed by atoms with van der Waals surface area (Å²) in [4.78, 5) is 11.1. The summed E-state index contributed by atoms with van der Waals surface area (Å²) in [6, 6.07) is 8.34. The molecule has 1 nitrogen and oxygen atoms in total. The molecule has 2 rings (SSSR count). The van der Waals surface area contributed by atoms with Gasteiger partial charge in [-0.25, -0.2) is 0 Å². The Kier molecular flexibility index (Phi) is 2.71. The zero-order valence-corrected chi connectivity index (χ0v) is 8.49. The molecule has 1 fully saturated rings. The number of hydrogen-bond donors (Lipinski definition) is 0. The quantitative estimate of drug-likeness (QED) is 0.642. The van der Waals surface area contributed by atoms with Crippen LogP contribution in [0.5, 0.6) is 0 Å². The molecule has 0 N–H and O–H groups in total. The van der Waals surface area contributed by atoms with Crippen LogP contribution in [-0.2, 0) is 4.79 Å². The Labute approximate surface area is 85.8 Å². The van der Waals surface area contributed by atoms with Crippen molar-refractivity contribution < 1.29 is 4.79 Å². The van der Waals surface area contributed by atoms with E-state index in [1.807, 2.05) is 6.07 Å². The average molecular weight is 185 g/mol. The number of ketones is 1. The van der Waals surface area contributed by atoms with Crippen LogP contribution in [0.1, 0.15) is 24.8 Å². The second-order valence-corrected chi connectivity index (χ2v) is 4.06. The van der Waals surface area contributed by atoms with Crippen molar-refractivity contribution in [2.75, 3.05) is 0 Å². The van der Waals surface area contributed by atoms with Gasteiger partial charge in [0.25, 0.3) is 0 Å². The summed E-state index contributed by atoms with van der Waals surface area (Å²) in [6.45, 7) is 2.11. The molecule has 1 unspecified atom stereocenters. The number of Topliss-reactive ketones (excluding diaryl/α,β-unsaturated/α-hetero) is 1. The van der Waals surface area contributed by atoms with Gasteiger partial charge in [0.2, 0.25) is 0 Å². The minimum atomic E-state index is 0.417. The van der Waals surface area contributed by atoms with Gasteiger partial charge in [0.15, 0.2) is 7.28 Å². The highest BCUT2D eigenvalue weighted by atomic mass is 16.1. The fourth-order valence-corrected chi connectivity index (χ4v) is 2.01. The van der Waals surface area contributed by atoms with Crippen LogP contribution in [0.3, 0.4) is 0 Å². The lowest BCUT2D eigenvalue weighted by molar-refractivity contribution is -0.117. The molecule has 1 radical (unpaired) electrons. The third kappa shape index (κ3) is 2.06. The van der Waals surface area contributed by atoms with E-state index in [4.69, 9.17) is 0 Å². The molecule has 0 heterocycles. The highest BCUT2D eigenvalue weighted by molar-refractivity contribution is 6.56. The maximum atomic E-state index is 11.1. The highest BCUT2D eigenvalue weighted by Gasteiger charge is 2.23. The number of rotatable bonds is 2. The second-order valence-electron chi connectivity index (χ2n) is 4.06. The second kappa shape index (κ2) is 3.99. The van der Waals surface area contributed by atoms with Crippen LogP contribution < -0.4 is 5.46 Å². The van der Waals surface area contributed by atoms with E-state index in [1.165, 1.54) is 11.0 Å². The van der Waals surface area contributed by atoms with Gasteiger partial charge in [0.05, 0.1) is 0 Å². The predicted molar refractivity (Wildman–Crippen MR) is 59.2 cm³/mol. The Morgan fingerprint density at radius 2 is 2.14 bits per heavy atom. The SMILES string of the molecule is Cc1ccccc1[B]C1CCC(=O)C1. The first-order valence-corrected chi connectivity index (χ1v) is 5.18. The van der Waals surface area contributed by atoms with Gasteiger partial charge in [-0.05, 0) is 13.3 Å². The molecule has 0 bridgehead atoms. The first kappa shape index (κ1) is 9.51. The van der Waals surface area contributed by atoms with Gasteiger partial charge >= 0.3 is 0 Å². The molecule has 0 saturated heterocycles. The summed E-state index contributed by atoms with van der Waals surface area (Å²) in [7, 11) is 2.25. The summed E-state index contributed by atoms with van der Waals surface area (Å²) < 4.78 is 0. The molecule has 0 amide bonds. The molecule has 1 aliphatic rings. The molecule has 1 aromatic rings. The summed E-state index contributed by atoms with van der Waals surface area (Å²) >= 11 is 0. The molecule has 2 heteroatoms. The van der Waals surface area contributed by atoms with Gasteiger partial charge in [-0.1, -0.05) is 41.1 Å². The van der Waals surface area contributed by atoms with E-state index in [-0.39, 0.29) is 0 Å². The van der Waals surface area contributed by atoms with Crippen LogP contribution in [0.25, 0.3) is 0 Å². The molecule has 1 aliphatic carbocycles. The van der Waals surface area contributed by atoms with Crippen molar-refractivity contribution in [1.29, 1.82) is 0 Å². The first-order chi connectivity index (χ1) is 6.75. The average Bonchev–Trinajstić information content (AvgIpc) is 2.56. The smallest absolute Gasteiger partial charge is 0.155 e. The van der Waals surface area contributed by atoms with Crippen molar-refractivity contribution in [1.82, 2.24) is 0 Å². The largest absolute Gasteiger partial charge is 0.300 e. The van der Waals surface area contributed by atoms with Gasteiger partial charge < -0.3 is 0 Å². The Bertz CT molecular complexity index is 346. The summed E-state index contributed by atoms with van der Waals surface area (Å²) in [5, 5.41) is 0. The fourth-order valence-electron chi connectivity index (χ4n) is 2.01. The summed E-state index contributed by atoms with van der Waals surface area (Å²) in [5.41, 5.74) is 2.58. The van der Waals surface area contributed by atoms with E-state index < -0.39 is 0 Å². The summed E-state index contributed by atoms with van der Waals surface area (Å²) in [6.07, 6.45) is 2.55. The molecule has 1 saturated carbocycles. The normalized spacial score (nSPS) is 21.2. The molecule has 0 spiro atoms. The lowest BCUT2D eigenvalue weighted by Gasteiger charge is -2.08. The zero-order chi connectivity index (χ0) is 9.97. The Morgan fingerprint density at radius 1 is 1.36 bits per heavy atom. The van der Waals surface area contributed by atoms with Crippen LogP contribution >= 0.6 is 0 Å². The lowest BCUT2D eigenvalue weighted by Crippen LogP contribution is -2.20. The monoisotopic (exact) mass is 185 g/mol. The van der Waals surface area contributed by atoms with E-state index in [0.717, 1.165) is 19.3 Å². The molecule has 71 valence electrons. The molecular weight excluding hydrogens is 171 g/mol. The minimum Gasteiger partial charge on any atom is -0.300 e. The van der Waals surface area contributed by atoms with Gasteiger partial charge in [-0.3, -0.25) is 4.79 Å². The molecular formula is C12H14BO.